The second-order valence-corrected chi connectivity index (χ2v) is 5.85. The van der Waals surface area contributed by atoms with Crippen molar-refractivity contribution in [2.45, 2.75) is 65.0 Å². The third kappa shape index (κ3) is 3.95. The van der Waals surface area contributed by atoms with E-state index in [1.165, 1.54) is 32.1 Å². The molecule has 5 nitrogen and oxygen atoms in total. The van der Waals surface area contributed by atoms with Crippen LogP contribution in [0, 0.1) is 5.92 Å². The minimum atomic E-state index is 0.551. The van der Waals surface area contributed by atoms with Gasteiger partial charge in [-0.3, -0.25) is 0 Å². The van der Waals surface area contributed by atoms with Gasteiger partial charge in [0.1, 0.15) is 0 Å². The Morgan fingerprint density at radius 1 is 1.20 bits per heavy atom. The zero-order valence-electron chi connectivity index (χ0n) is 13.1. The monoisotopic (exact) mass is 280 g/mol. The predicted octanol–water partition coefficient (Wildman–Crippen LogP) is 2.97. The molecule has 1 aliphatic rings. The molecule has 1 N–H and O–H groups in total. The van der Waals surface area contributed by atoms with E-state index in [0.717, 1.165) is 18.9 Å². The Balaban J connectivity index is 1.84. The molecule has 1 aromatic rings. The minimum absolute atomic E-state index is 0.551. The lowest BCUT2D eigenvalue weighted by Gasteiger charge is -2.33. The van der Waals surface area contributed by atoms with Gasteiger partial charge < -0.3 is 14.6 Å². The second-order valence-electron chi connectivity index (χ2n) is 5.85. The Bertz CT molecular complexity index is 385. The minimum Gasteiger partial charge on any atom is -0.407 e. The number of aromatic nitrogens is 2. The van der Waals surface area contributed by atoms with Crippen LogP contribution in [-0.2, 0) is 6.54 Å². The topological polar surface area (TPSA) is 54.2 Å². The molecule has 0 bridgehead atoms. The molecule has 5 heteroatoms. The first-order chi connectivity index (χ1) is 9.74. The molecule has 1 aromatic heterocycles. The van der Waals surface area contributed by atoms with Crippen molar-refractivity contribution < 1.29 is 4.42 Å². The van der Waals surface area contributed by atoms with Crippen molar-refractivity contribution in [3.63, 3.8) is 0 Å². The largest absolute Gasteiger partial charge is 0.407 e. The van der Waals surface area contributed by atoms with Crippen molar-refractivity contribution in [3.05, 3.63) is 5.89 Å². The summed E-state index contributed by atoms with van der Waals surface area (Å²) in [6.07, 6.45) is 7.54. The first-order valence-electron chi connectivity index (χ1n) is 8.00. The van der Waals surface area contributed by atoms with Gasteiger partial charge in [0, 0.05) is 13.1 Å². The van der Waals surface area contributed by atoms with E-state index < -0.39 is 0 Å². The van der Waals surface area contributed by atoms with Crippen LogP contribution in [0.25, 0.3) is 0 Å². The summed E-state index contributed by atoms with van der Waals surface area (Å²) in [6.45, 7) is 6.08. The van der Waals surface area contributed by atoms with Crippen LogP contribution in [-0.4, -0.2) is 29.8 Å². The highest BCUT2D eigenvalue weighted by Gasteiger charge is 2.25. The van der Waals surface area contributed by atoms with Gasteiger partial charge in [0.05, 0.1) is 6.54 Å². The average molecular weight is 280 g/mol. The highest BCUT2D eigenvalue weighted by Crippen LogP contribution is 2.30. The first kappa shape index (κ1) is 15.3. The molecule has 0 atom stereocenters. The summed E-state index contributed by atoms with van der Waals surface area (Å²) in [6, 6.07) is 1.22. The summed E-state index contributed by atoms with van der Waals surface area (Å²) < 4.78 is 5.74. The third-order valence-electron chi connectivity index (χ3n) is 4.40. The molecule has 0 amide bonds. The molecule has 1 heterocycles. The van der Waals surface area contributed by atoms with E-state index in [1.54, 1.807) is 0 Å². The third-order valence-corrected chi connectivity index (χ3v) is 4.40. The maximum absolute atomic E-state index is 5.74. The van der Waals surface area contributed by atoms with E-state index in [-0.39, 0.29) is 0 Å². The molecule has 2 rings (SSSR count). The molecule has 0 aliphatic heterocycles. The summed E-state index contributed by atoms with van der Waals surface area (Å²) in [7, 11) is 2.08. The molecule has 0 aromatic carbocycles. The van der Waals surface area contributed by atoms with Crippen molar-refractivity contribution in [2.24, 2.45) is 5.92 Å². The lowest BCUT2D eigenvalue weighted by molar-refractivity contribution is 0.306. The highest BCUT2D eigenvalue weighted by molar-refractivity contribution is 5.24. The Labute approximate surface area is 122 Å². The van der Waals surface area contributed by atoms with E-state index in [1.807, 2.05) is 0 Å². The van der Waals surface area contributed by atoms with E-state index in [9.17, 15) is 0 Å². The van der Waals surface area contributed by atoms with E-state index in [0.29, 0.717) is 24.5 Å². The maximum atomic E-state index is 5.74. The summed E-state index contributed by atoms with van der Waals surface area (Å²) in [4.78, 5) is 2.17. The van der Waals surface area contributed by atoms with E-state index >= 15 is 0 Å². The smallest absolute Gasteiger partial charge is 0.318 e. The quantitative estimate of drug-likeness (QED) is 0.778. The molecule has 1 fully saturated rings. The fraction of sp³-hybridized carbons (Fsp3) is 0.867. The van der Waals surface area contributed by atoms with Crippen LogP contribution < -0.4 is 10.2 Å². The molecule has 0 saturated heterocycles. The van der Waals surface area contributed by atoms with Crippen LogP contribution in [0.3, 0.4) is 0 Å². The molecule has 0 unspecified atom stereocenters. The average Bonchev–Trinajstić information content (AvgIpc) is 2.96. The van der Waals surface area contributed by atoms with Gasteiger partial charge >= 0.3 is 6.01 Å². The van der Waals surface area contributed by atoms with E-state index in [4.69, 9.17) is 4.42 Å². The Hall–Kier alpha value is -1.10. The zero-order valence-corrected chi connectivity index (χ0v) is 13.1. The van der Waals surface area contributed by atoms with Crippen LogP contribution in [0.5, 0.6) is 0 Å². The number of nitrogens with zero attached hydrogens (tertiary/aromatic N) is 3. The van der Waals surface area contributed by atoms with Gasteiger partial charge in [-0.05, 0) is 44.6 Å². The Morgan fingerprint density at radius 2 is 1.95 bits per heavy atom. The van der Waals surface area contributed by atoms with Gasteiger partial charge in [-0.25, -0.2) is 0 Å². The molecule has 0 spiro atoms. The van der Waals surface area contributed by atoms with E-state index in [2.05, 4.69) is 41.3 Å². The normalized spacial score (nSPS) is 22.9. The van der Waals surface area contributed by atoms with Crippen molar-refractivity contribution in [3.8, 4) is 0 Å². The number of hydrogen-bond donors (Lipinski definition) is 1. The predicted molar refractivity (Wildman–Crippen MR) is 80.7 cm³/mol. The van der Waals surface area contributed by atoms with Gasteiger partial charge in [0.25, 0.3) is 0 Å². The fourth-order valence-electron chi connectivity index (χ4n) is 2.93. The molecule has 114 valence electrons. The molecule has 1 aliphatic carbocycles. The number of rotatable bonds is 7. The second kappa shape index (κ2) is 7.62. The van der Waals surface area contributed by atoms with Gasteiger partial charge in [0.15, 0.2) is 0 Å². The molecule has 20 heavy (non-hydrogen) atoms. The van der Waals surface area contributed by atoms with Crippen LogP contribution in [0.1, 0.15) is 58.3 Å². The SMILES string of the molecule is CCCNCc1nnc(N(C)C2CCC(CC)CC2)o1. The maximum Gasteiger partial charge on any atom is 0.318 e. The van der Waals surface area contributed by atoms with Crippen molar-refractivity contribution in [1.29, 1.82) is 0 Å². The van der Waals surface area contributed by atoms with Crippen LogP contribution in [0.15, 0.2) is 4.42 Å². The van der Waals surface area contributed by atoms with Gasteiger partial charge in [-0.15, -0.1) is 5.10 Å². The van der Waals surface area contributed by atoms with Gasteiger partial charge in [-0.2, -0.15) is 0 Å². The van der Waals surface area contributed by atoms with Gasteiger partial charge in [0.2, 0.25) is 5.89 Å². The molecule has 0 radical (unpaired) electrons. The standard InChI is InChI=1S/C15H28N4O/c1-4-10-16-11-14-17-18-15(20-14)19(3)13-8-6-12(5-2)7-9-13/h12-13,16H,4-11H2,1-3H3. The van der Waals surface area contributed by atoms with Crippen molar-refractivity contribution in [1.82, 2.24) is 15.5 Å². The molecular weight excluding hydrogens is 252 g/mol. The number of hydrogen-bond acceptors (Lipinski definition) is 5. The lowest BCUT2D eigenvalue weighted by atomic mass is 9.84. The van der Waals surface area contributed by atoms with Gasteiger partial charge in [-0.1, -0.05) is 25.4 Å². The summed E-state index contributed by atoms with van der Waals surface area (Å²) in [5.74, 6) is 1.60. The number of anilines is 1. The molecule has 1 saturated carbocycles. The van der Waals surface area contributed by atoms with Crippen LogP contribution in [0.2, 0.25) is 0 Å². The summed E-state index contributed by atoms with van der Waals surface area (Å²) >= 11 is 0. The van der Waals surface area contributed by atoms with Crippen molar-refractivity contribution in [2.75, 3.05) is 18.5 Å². The highest BCUT2D eigenvalue weighted by atomic mass is 16.4. The summed E-state index contributed by atoms with van der Waals surface area (Å²) in [5.41, 5.74) is 0. The zero-order chi connectivity index (χ0) is 14.4. The summed E-state index contributed by atoms with van der Waals surface area (Å²) in [5, 5.41) is 11.6. The molecular formula is C15H28N4O. The lowest BCUT2D eigenvalue weighted by Crippen LogP contribution is -2.35. The Morgan fingerprint density at radius 3 is 2.60 bits per heavy atom. The van der Waals surface area contributed by atoms with Crippen molar-refractivity contribution >= 4 is 6.01 Å². The Kier molecular flexibility index (Phi) is 5.83. The fourth-order valence-corrected chi connectivity index (χ4v) is 2.93. The van der Waals surface area contributed by atoms with Crippen LogP contribution in [0.4, 0.5) is 6.01 Å². The van der Waals surface area contributed by atoms with Crippen LogP contribution >= 0.6 is 0 Å². The number of nitrogens with one attached hydrogen (secondary N) is 1. The first-order valence-corrected chi connectivity index (χ1v) is 8.00.